The summed E-state index contributed by atoms with van der Waals surface area (Å²) in [7, 11) is 0. The Morgan fingerprint density at radius 1 is 1.20 bits per heavy atom. The molecule has 25 heavy (non-hydrogen) atoms. The number of aromatic amines is 1. The lowest BCUT2D eigenvalue weighted by molar-refractivity contribution is 0.141. The van der Waals surface area contributed by atoms with Gasteiger partial charge in [0.15, 0.2) is 0 Å². The molecule has 3 aromatic rings. The van der Waals surface area contributed by atoms with Crippen LogP contribution >= 0.6 is 0 Å². The van der Waals surface area contributed by atoms with Crippen LogP contribution < -0.4 is 10.9 Å². The highest BCUT2D eigenvalue weighted by molar-refractivity contribution is 5.78. The quantitative estimate of drug-likeness (QED) is 0.720. The molecular formula is C19H15N3O3. The van der Waals surface area contributed by atoms with Crippen LogP contribution in [0.15, 0.2) is 59.7 Å². The predicted octanol–water partition coefficient (Wildman–Crippen LogP) is 2.20. The topological polar surface area (TPSA) is 84.1 Å². The van der Waals surface area contributed by atoms with Gasteiger partial charge in [-0.15, -0.1) is 0 Å². The molecule has 0 aliphatic heterocycles. The minimum atomic E-state index is -0.523. The van der Waals surface area contributed by atoms with Crippen LogP contribution in [-0.4, -0.2) is 22.6 Å². The second kappa shape index (κ2) is 7.79. The Morgan fingerprint density at radius 2 is 2.04 bits per heavy atom. The first-order valence-electron chi connectivity index (χ1n) is 7.63. The van der Waals surface area contributed by atoms with Gasteiger partial charge in [0.1, 0.15) is 6.61 Å². The minimum absolute atomic E-state index is 0.161. The van der Waals surface area contributed by atoms with Crippen molar-refractivity contribution in [2.24, 2.45) is 0 Å². The van der Waals surface area contributed by atoms with E-state index in [-0.39, 0.29) is 18.7 Å². The molecule has 0 aliphatic rings. The van der Waals surface area contributed by atoms with E-state index in [2.05, 4.69) is 27.1 Å². The molecule has 6 heteroatoms. The van der Waals surface area contributed by atoms with Crippen molar-refractivity contribution in [3.05, 3.63) is 76.3 Å². The summed E-state index contributed by atoms with van der Waals surface area (Å²) in [5.74, 6) is 5.75. The lowest BCUT2D eigenvalue weighted by Crippen LogP contribution is -2.24. The summed E-state index contributed by atoms with van der Waals surface area (Å²) in [4.78, 5) is 29.8. The smallest absolute Gasteiger partial charge is 0.408 e. The molecule has 2 N–H and O–H groups in total. The first-order chi connectivity index (χ1) is 12.2. The molecule has 0 fully saturated rings. The number of nitrogens with zero attached hydrogens (tertiary/aromatic N) is 1. The number of hydrogen-bond acceptors (Lipinski definition) is 4. The molecule has 1 aromatic heterocycles. The van der Waals surface area contributed by atoms with E-state index in [1.807, 2.05) is 30.3 Å². The summed E-state index contributed by atoms with van der Waals surface area (Å²) in [6, 6.07) is 14.6. The van der Waals surface area contributed by atoms with Crippen LogP contribution in [-0.2, 0) is 11.3 Å². The van der Waals surface area contributed by atoms with Gasteiger partial charge in [0.25, 0.3) is 5.56 Å². The van der Waals surface area contributed by atoms with Crippen molar-refractivity contribution in [2.45, 2.75) is 6.61 Å². The van der Waals surface area contributed by atoms with Gasteiger partial charge < -0.3 is 15.0 Å². The van der Waals surface area contributed by atoms with E-state index in [1.54, 1.807) is 18.2 Å². The molecular weight excluding hydrogens is 318 g/mol. The summed E-state index contributed by atoms with van der Waals surface area (Å²) < 4.78 is 5.09. The number of rotatable bonds is 3. The zero-order valence-electron chi connectivity index (χ0n) is 13.3. The molecule has 0 aliphatic carbocycles. The molecule has 6 nitrogen and oxygen atoms in total. The number of amides is 1. The molecule has 0 bridgehead atoms. The van der Waals surface area contributed by atoms with Crippen LogP contribution in [0.3, 0.4) is 0 Å². The second-order valence-electron chi connectivity index (χ2n) is 5.18. The molecule has 1 heterocycles. The number of hydrogen-bond donors (Lipinski definition) is 2. The number of alkyl carbamates (subject to hydrolysis) is 1. The Morgan fingerprint density at radius 3 is 2.88 bits per heavy atom. The van der Waals surface area contributed by atoms with Crippen molar-refractivity contribution >= 4 is 17.0 Å². The van der Waals surface area contributed by atoms with Crippen molar-refractivity contribution < 1.29 is 9.53 Å². The fourth-order valence-corrected chi connectivity index (χ4v) is 2.18. The Bertz CT molecular complexity index is 1000. The monoisotopic (exact) mass is 333 g/mol. The molecule has 0 unspecified atom stereocenters. The zero-order valence-corrected chi connectivity index (χ0v) is 13.3. The summed E-state index contributed by atoms with van der Waals surface area (Å²) in [5, 5.41) is 3.07. The van der Waals surface area contributed by atoms with Crippen molar-refractivity contribution in [1.29, 1.82) is 0 Å². The standard InChI is InChI=1S/C19H15N3O3/c23-18-16-9-8-14(11-17(16)21-13-22-18)7-4-10-20-19(24)25-12-15-5-2-1-3-6-15/h1-3,5-6,8-9,11,13H,10,12H2,(H,20,24)(H,21,22,23). The van der Waals surface area contributed by atoms with Crippen LogP contribution in [0.5, 0.6) is 0 Å². The van der Waals surface area contributed by atoms with Crippen molar-refractivity contribution in [2.75, 3.05) is 6.54 Å². The summed E-state index contributed by atoms with van der Waals surface area (Å²) in [6.45, 7) is 0.374. The number of carbonyl (C=O) groups is 1. The van der Waals surface area contributed by atoms with Crippen molar-refractivity contribution in [3.63, 3.8) is 0 Å². The Labute approximate surface area is 143 Å². The van der Waals surface area contributed by atoms with Gasteiger partial charge in [-0.2, -0.15) is 0 Å². The number of H-pyrrole nitrogens is 1. The highest BCUT2D eigenvalue weighted by Gasteiger charge is 2.01. The predicted molar refractivity (Wildman–Crippen MR) is 93.9 cm³/mol. The molecule has 0 radical (unpaired) electrons. The van der Waals surface area contributed by atoms with Gasteiger partial charge in [-0.3, -0.25) is 4.79 Å². The number of aromatic nitrogens is 2. The Hall–Kier alpha value is -3.59. The fraction of sp³-hybridized carbons (Fsp3) is 0.105. The van der Waals surface area contributed by atoms with Gasteiger partial charge in [-0.1, -0.05) is 42.2 Å². The highest BCUT2D eigenvalue weighted by atomic mass is 16.5. The normalized spacial score (nSPS) is 9.92. The van der Waals surface area contributed by atoms with E-state index in [0.29, 0.717) is 16.5 Å². The van der Waals surface area contributed by atoms with Gasteiger partial charge in [0, 0.05) is 5.56 Å². The van der Waals surface area contributed by atoms with Gasteiger partial charge in [-0.25, -0.2) is 9.78 Å². The largest absolute Gasteiger partial charge is 0.445 e. The Balaban J connectivity index is 1.52. The van der Waals surface area contributed by atoms with Crippen LogP contribution in [0, 0.1) is 11.8 Å². The third-order valence-electron chi connectivity index (χ3n) is 3.41. The van der Waals surface area contributed by atoms with Crippen LogP contribution in [0.4, 0.5) is 4.79 Å². The van der Waals surface area contributed by atoms with E-state index in [1.165, 1.54) is 6.33 Å². The van der Waals surface area contributed by atoms with Crippen molar-refractivity contribution in [1.82, 2.24) is 15.3 Å². The zero-order chi connectivity index (χ0) is 17.5. The molecule has 0 atom stereocenters. The maximum atomic E-state index is 11.6. The van der Waals surface area contributed by atoms with Crippen molar-refractivity contribution in [3.8, 4) is 11.8 Å². The maximum Gasteiger partial charge on any atom is 0.408 e. The number of nitrogens with one attached hydrogen (secondary N) is 2. The number of fused-ring (bicyclic) bond motifs is 1. The lowest BCUT2D eigenvalue weighted by atomic mass is 10.1. The average molecular weight is 333 g/mol. The minimum Gasteiger partial charge on any atom is -0.445 e. The van der Waals surface area contributed by atoms with Gasteiger partial charge in [0.05, 0.1) is 23.8 Å². The molecule has 0 saturated carbocycles. The highest BCUT2D eigenvalue weighted by Crippen LogP contribution is 2.08. The van der Waals surface area contributed by atoms with Crippen LogP contribution in [0.2, 0.25) is 0 Å². The van der Waals surface area contributed by atoms with Gasteiger partial charge in [0.2, 0.25) is 0 Å². The van der Waals surface area contributed by atoms with Gasteiger partial charge in [-0.05, 0) is 23.8 Å². The Kier molecular flexibility index (Phi) is 5.07. The number of ether oxygens (including phenoxy) is 1. The molecule has 2 aromatic carbocycles. The maximum absolute atomic E-state index is 11.6. The van der Waals surface area contributed by atoms with E-state index < -0.39 is 6.09 Å². The van der Waals surface area contributed by atoms with E-state index in [9.17, 15) is 9.59 Å². The van der Waals surface area contributed by atoms with Crippen LogP contribution in [0.1, 0.15) is 11.1 Å². The van der Waals surface area contributed by atoms with E-state index >= 15 is 0 Å². The summed E-state index contributed by atoms with van der Waals surface area (Å²) in [5.41, 5.74) is 2.02. The lowest BCUT2D eigenvalue weighted by Gasteiger charge is -2.04. The van der Waals surface area contributed by atoms with Gasteiger partial charge >= 0.3 is 6.09 Å². The summed E-state index contributed by atoms with van der Waals surface area (Å²) >= 11 is 0. The fourth-order valence-electron chi connectivity index (χ4n) is 2.18. The SMILES string of the molecule is O=C(NCC#Cc1ccc2c(=O)[nH]cnc2c1)OCc1ccccc1. The average Bonchev–Trinajstić information content (AvgIpc) is 2.64. The molecule has 0 spiro atoms. The molecule has 1 amide bonds. The van der Waals surface area contributed by atoms with E-state index in [0.717, 1.165) is 5.56 Å². The molecule has 3 rings (SSSR count). The molecule has 124 valence electrons. The third kappa shape index (κ3) is 4.45. The first-order valence-corrected chi connectivity index (χ1v) is 7.63. The number of benzene rings is 2. The third-order valence-corrected chi connectivity index (χ3v) is 3.41. The first kappa shape index (κ1) is 16.3. The second-order valence-corrected chi connectivity index (χ2v) is 5.18. The summed E-state index contributed by atoms with van der Waals surface area (Å²) in [6.07, 6.45) is 0.830. The van der Waals surface area contributed by atoms with E-state index in [4.69, 9.17) is 4.74 Å². The van der Waals surface area contributed by atoms with Crippen LogP contribution in [0.25, 0.3) is 10.9 Å². The molecule has 0 saturated heterocycles. The number of carbonyl (C=O) groups excluding carboxylic acids is 1.